The third-order valence-corrected chi connectivity index (χ3v) is 13.8. The zero-order chi connectivity index (χ0) is 51.1. The Morgan fingerprint density at radius 1 is 0.343 bits per heavy atom. The number of piperazine rings is 1. The fraction of sp³-hybridized carbons (Fsp3) is 0.914. The molecular weight excluding hydrogens is 885 g/mol. The first-order valence-electron chi connectivity index (χ1n) is 29.4. The molecule has 2 atom stereocenters. The summed E-state index contributed by atoms with van der Waals surface area (Å²) in [6.07, 6.45) is 33.1. The van der Waals surface area contributed by atoms with Crippen LogP contribution < -0.4 is 0 Å². The molecule has 0 bridgehead atoms. The van der Waals surface area contributed by atoms with E-state index in [2.05, 4.69) is 44.4 Å². The van der Waals surface area contributed by atoms with E-state index in [0.29, 0.717) is 32.1 Å². The number of nitrogens with zero attached hydrogens (tertiary/aromatic N) is 2. The van der Waals surface area contributed by atoms with Gasteiger partial charge in [-0.15, -0.1) is 0 Å². The van der Waals surface area contributed by atoms with Crippen LogP contribution >= 0.6 is 0 Å². The van der Waals surface area contributed by atoms with Crippen molar-refractivity contribution in [2.75, 3.05) is 59.1 Å². The van der Waals surface area contributed by atoms with Crippen LogP contribution in [0.2, 0.25) is 0 Å². The van der Waals surface area contributed by atoms with Crippen molar-refractivity contribution in [2.24, 2.45) is 5.92 Å². The second kappa shape index (κ2) is 47.3. The summed E-state index contributed by atoms with van der Waals surface area (Å²) in [6.45, 7) is 17.4. The third-order valence-electron chi connectivity index (χ3n) is 13.8. The number of esters is 5. The number of rotatable bonds is 49. The van der Waals surface area contributed by atoms with Gasteiger partial charge in [-0.1, -0.05) is 144 Å². The molecule has 1 saturated heterocycles. The Hall–Kier alpha value is -2.73. The summed E-state index contributed by atoms with van der Waals surface area (Å²) in [7, 11) is 0. The molecule has 0 aliphatic carbocycles. The number of likely N-dealkylation sites (N-methyl/N-ethyl adjacent to an activating group) is 1. The van der Waals surface area contributed by atoms with E-state index in [9.17, 15) is 24.0 Å². The number of carbonyl (C=O) groups is 5. The zero-order valence-corrected chi connectivity index (χ0v) is 46.0. The first-order valence-corrected chi connectivity index (χ1v) is 29.4. The second-order valence-electron chi connectivity index (χ2n) is 20.5. The van der Waals surface area contributed by atoms with Crippen LogP contribution in [0.4, 0.5) is 0 Å². The third kappa shape index (κ3) is 39.8. The lowest BCUT2D eigenvalue weighted by Crippen LogP contribution is -2.46. The highest BCUT2D eigenvalue weighted by molar-refractivity contribution is 5.71. The predicted molar refractivity (Wildman–Crippen MR) is 284 cm³/mol. The number of carbonyl (C=O) groups excluding carboxylic acids is 5. The molecular formula is C58H108N2O10. The van der Waals surface area contributed by atoms with Crippen molar-refractivity contribution in [3.05, 3.63) is 0 Å². The van der Waals surface area contributed by atoms with E-state index in [1.54, 1.807) is 0 Å². The van der Waals surface area contributed by atoms with Gasteiger partial charge in [0.05, 0.1) is 5.92 Å². The molecule has 12 nitrogen and oxygen atoms in total. The van der Waals surface area contributed by atoms with E-state index >= 15 is 0 Å². The highest BCUT2D eigenvalue weighted by Gasteiger charge is 2.20. The maximum absolute atomic E-state index is 12.9. The molecule has 0 N–H and O–H groups in total. The van der Waals surface area contributed by atoms with Crippen molar-refractivity contribution in [1.82, 2.24) is 9.80 Å². The van der Waals surface area contributed by atoms with E-state index in [4.69, 9.17) is 23.7 Å². The summed E-state index contributed by atoms with van der Waals surface area (Å²) in [5.74, 6) is -2.06. The van der Waals surface area contributed by atoms with E-state index in [1.165, 1.54) is 89.9 Å². The van der Waals surface area contributed by atoms with Crippen LogP contribution in [-0.4, -0.2) is 111 Å². The number of hydrogen-bond donors (Lipinski definition) is 0. The lowest BCUT2D eigenvalue weighted by molar-refractivity contribution is -0.155. The van der Waals surface area contributed by atoms with Gasteiger partial charge in [-0.25, -0.2) is 0 Å². The van der Waals surface area contributed by atoms with Crippen molar-refractivity contribution in [3.8, 4) is 0 Å². The summed E-state index contributed by atoms with van der Waals surface area (Å²) >= 11 is 0. The molecule has 1 heterocycles. The summed E-state index contributed by atoms with van der Waals surface area (Å²) < 4.78 is 28.7. The van der Waals surface area contributed by atoms with Crippen LogP contribution in [0.5, 0.6) is 0 Å². The van der Waals surface area contributed by atoms with Crippen LogP contribution in [-0.2, 0) is 47.7 Å². The SMILES string of the molecule is CCCCCCCCC(CCCCCC)OC(=O)CCCCC(=O)OCC(COC(=O)CCCCCN1CCN(CC)CC1)COC(=O)CCCCC(=O)OC(CCCCCC)CCCCCCCC. The first kappa shape index (κ1) is 65.3. The topological polar surface area (TPSA) is 138 Å². The van der Waals surface area contributed by atoms with E-state index in [0.717, 1.165) is 123 Å². The largest absolute Gasteiger partial charge is 0.465 e. The molecule has 1 fully saturated rings. The van der Waals surface area contributed by atoms with Gasteiger partial charge >= 0.3 is 29.8 Å². The molecule has 0 saturated carbocycles. The van der Waals surface area contributed by atoms with Crippen molar-refractivity contribution in [3.63, 3.8) is 0 Å². The minimum Gasteiger partial charge on any atom is -0.465 e. The fourth-order valence-electron chi connectivity index (χ4n) is 9.10. The molecule has 0 amide bonds. The molecule has 1 aliphatic heterocycles. The summed E-state index contributed by atoms with van der Waals surface area (Å²) in [5, 5.41) is 0. The second-order valence-corrected chi connectivity index (χ2v) is 20.5. The zero-order valence-electron chi connectivity index (χ0n) is 46.0. The normalized spacial score (nSPS) is 14.5. The maximum Gasteiger partial charge on any atom is 0.306 e. The van der Waals surface area contributed by atoms with Crippen molar-refractivity contribution < 1.29 is 47.7 Å². The van der Waals surface area contributed by atoms with Crippen LogP contribution in [0, 0.1) is 5.92 Å². The van der Waals surface area contributed by atoms with E-state index < -0.39 is 17.9 Å². The molecule has 70 heavy (non-hydrogen) atoms. The highest BCUT2D eigenvalue weighted by Crippen LogP contribution is 2.20. The van der Waals surface area contributed by atoms with Gasteiger partial charge in [0.2, 0.25) is 0 Å². The lowest BCUT2D eigenvalue weighted by Gasteiger charge is -2.33. The van der Waals surface area contributed by atoms with Crippen molar-refractivity contribution in [1.29, 1.82) is 0 Å². The standard InChI is InChI=1S/C58H108N2O10/c1-6-11-15-19-21-26-36-52(34-24-17-13-8-3)69-57(64)41-31-29-39-55(62)67-49-51(48-66-54(61)38-28-23-33-43-60-46-44-59(10-5)45-47-60)50-68-56(63)40-30-32-42-58(65)70-53(35-25-18-14-9-4)37-27-22-20-16-12-7-2/h51-53H,6-50H2,1-5H3. The fourth-order valence-corrected chi connectivity index (χ4v) is 9.10. The average molecular weight is 994 g/mol. The monoisotopic (exact) mass is 993 g/mol. The Bertz CT molecular complexity index is 1200. The summed E-state index contributed by atoms with van der Waals surface area (Å²) in [6, 6.07) is 0. The molecule has 0 radical (unpaired) electrons. The van der Waals surface area contributed by atoms with Crippen molar-refractivity contribution in [2.45, 2.75) is 278 Å². The van der Waals surface area contributed by atoms with Gasteiger partial charge in [0, 0.05) is 58.3 Å². The number of unbranched alkanes of at least 4 members (excludes halogenated alkanes) is 20. The molecule has 12 heteroatoms. The Kier molecular flexibility index (Phi) is 44.1. The molecule has 0 aromatic rings. The van der Waals surface area contributed by atoms with Gasteiger partial charge in [0.1, 0.15) is 32.0 Å². The van der Waals surface area contributed by atoms with E-state index in [1.807, 2.05) is 0 Å². The summed E-state index contributed by atoms with van der Waals surface area (Å²) in [4.78, 5) is 69.1. The minimum atomic E-state index is -0.523. The lowest BCUT2D eigenvalue weighted by atomic mass is 10.0. The predicted octanol–water partition coefficient (Wildman–Crippen LogP) is 13.8. The quantitative estimate of drug-likeness (QED) is 0.0326. The highest BCUT2D eigenvalue weighted by atomic mass is 16.6. The Balaban J connectivity index is 2.60. The molecule has 0 aromatic carbocycles. The van der Waals surface area contributed by atoms with Gasteiger partial charge in [-0.05, 0) is 103 Å². The molecule has 0 spiro atoms. The summed E-state index contributed by atoms with van der Waals surface area (Å²) in [5.41, 5.74) is 0. The number of hydrogen-bond acceptors (Lipinski definition) is 12. The Morgan fingerprint density at radius 2 is 0.629 bits per heavy atom. The molecule has 1 rings (SSSR count). The van der Waals surface area contributed by atoms with Gasteiger partial charge in [0.25, 0.3) is 0 Å². The number of ether oxygens (including phenoxy) is 5. The maximum atomic E-state index is 12.9. The van der Waals surface area contributed by atoms with Gasteiger partial charge in [-0.3, -0.25) is 24.0 Å². The molecule has 1 aliphatic rings. The Morgan fingerprint density at radius 3 is 0.986 bits per heavy atom. The van der Waals surface area contributed by atoms with Gasteiger partial charge < -0.3 is 33.5 Å². The first-order chi connectivity index (χ1) is 34.1. The smallest absolute Gasteiger partial charge is 0.306 e. The average Bonchev–Trinajstić information content (AvgIpc) is 3.36. The Labute approximate surface area is 428 Å². The van der Waals surface area contributed by atoms with E-state index in [-0.39, 0.29) is 75.6 Å². The minimum absolute atomic E-state index is 0.0323. The van der Waals surface area contributed by atoms with Crippen LogP contribution in [0.3, 0.4) is 0 Å². The van der Waals surface area contributed by atoms with Gasteiger partial charge in [0.15, 0.2) is 0 Å². The van der Waals surface area contributed by atoms with Crippen LogP contribution in [0.15, 0.2) is 0 Å². The molecule has 410 valence electrons. The van der Waals surface area contributed by atoms with Crippen LogP contribution in [0.25, 0.3) is 0 Å². The van der Waals surface area contributed by atoms with Gasteiger partial charge in [-0.2, -0.15) is 0 Å². The molecule has 0 aromatic heterocycles. The van der Waals surface area contributed by atoms with Crippen LogP contribution in [0.1, 0.15) is 266 Å². The van der Waals surface area contributed by atoms with Crippen molar-refractivity contribution >= 4 is 29.8 Å². The molecule has 2 unspecified atom stereocenters.